The molecule has 160 valence electrons. The Balaban J connectivity index is 3.34. The second kappa shape index (κ2) is 8.31. The third-order valence-corrected chi connectivity index (χ3v) is 7.55. The molecule has 1 aliphatic carbocycles. The molecule has 1 rings (SSSR count). The predicted octanol–water partition coefficient (Wildman–Crippen LogP) is 0.0525. The van der Waals surface area contributed by atoms with Crippen LogP contribution in [0.5, 0.6) is 0 Å². The van der Waals surface area contributed by atoms with Gasteiger partial charge in [-0.25, -0.2) is 0 Å². The van der Waals surface area contributed by atoms with E-state index in [1.165, 1.54) is 13.8 Å². The Hall–Kier alpha value is -1.76. The number of carbonyl (C=O) groups excluding carboxylic acids is 2. The summed E-state index contributed by atoms with van der Waals surface area (Å²) in [6.07, 6.45) is 1.87. The molecule has 0 aromatic rings. The molecule has 10 nitrogen and oxygen atoms in total. The van der Waals surface area contributed by atoms with Gasteiger partial charge in [-0.05, 0) is 51.2 Å². The largest absolute Gasteiger partial charge is 0.346 e. The van der Waals surface area contributed by atoms with Crippen LogP contribution in [0.15, 0.2) is 25.3 Å². The van der Waals surface area contributed by atoms with Crippen molar-refractivity contribution >= 4 is 32.1 Å². The highest BCUT2D eigenvalue weighted by Gasteiger charge is 2.52. The lowest BCUT2D eigenvalue weighted by Crippen LogP contribution is -2.64. The van der Waals surface area contributed by atoms with Gasteiger partial charge in [-0.2, -0.15) is 16.8 Å². The van der Waals surface area contributed by atoms with Gasteiger partial charge < -0.3 is 10.6 Å². The molecule has 1 aliphatic rings. The normalized spacial score (nSPS) is 27.9. The van der Waals surface area contributed by atoms with Gasteiger partial charge in [0.1, 0.15) is 5.25 Å². The smallest absolute Gasteiger partial charge is 0.270 e. The highest BCUT2D eigenvalue weighted by Crippen LogP contribution is 2.41. The van der Waals surface area contributed by atoms with E-state index in [1.54, 1.807) is 0 Å². The van der Waals surface area contributed by atoms with Crippen LogP contribution in [0.4, 0.5) is 0 Å². The van der Waals surface area contributed by atoms with E-state index in [4.69, 9.17) is 0 Å². The lowest BCUT2D eigenvalue weighted by atomic mass is 9.70. The van der Waals surface area contributed by atoms with Crippen molar-refractivity contribution in [1.82, 2.24) is 10.6 Å². The van der Waals surface area contributed by atoms with Crippen molar-refractivity contribution in [3.8, 4) is 0 Å². The van der Waals surface area contributed by atoms with Crippen molar-refractivity contribution < 1.29 is 35.5 Å². The lowest BCUT2D eigenvalue weighted by molar-refractivity contribution is -0.118. The Labute approximate surface area is 165 Å². The molecule has 0 aromatic carbocycles. The molecule has 28 heavy (non-hydrogen) atoms. The number of hydrogen-bond acceptors (Lipinski definition) is 6. The summed E-state index contributed by atoms with van der Waals surface area (Å²) in [5, 5.41) is 3.48. The van der Waals surface area contributed by atoms with Crippen molar-refractivity contribution in [2.24, 2.45) is 5.92 Å². The molecule has 4 unspecified atom stereocenters. The van der Waals surface area contributed by atoms with Crippen LogP contribution in [-0.2, 0) is 29.8 Å². The zero-order chi connectivity index (χ0) is 22.0. The van der Waals surface area contributed by atoms with Crippen LogP contribution in [0.3, 0.4) is 0 Å². The van der Waals surface area contributed by atoms with Crippen LogP contribution < -0.4 is 10.6 Å². The van der Waals surface area contributed by atoms with Crippen LogP contribution in [0.25, 0.3) is 0 Å². The van der Waals surface area contributed by atoms with E-state index in [1.807, 2.05) is 0 Å². The summed E-state index contributed by atoms with van der Waals surface area (Å²) in [7, 11) is -9.19. The predicted molar refractivity (Wildman–Crippen MR) is 103 cm³/mol. The van der Waals surface area contributed by atoms with E-state index in [0.29, 0.717) is 0 Å². The maximum atomic E-state index is 12.0. The van der Waals surface area contributed by atoms with Gasteiger partial charge in [0, 0.05) is 0 Å². The minimum Gasteiger partial charge on any atom is -0.346 e. The minimum atomic E-state index is -4.65. The number of nitrogens with one attached hydrogen (secondary N) is 2. The second-order valence-corrected chi connectivity index (χ2v) is 10.5. The van der Waals surface area contributed by atoms with Crippen molar-refractivity contribution in [1.29, 1.82) is 0 Å². The topological polar surface area (TPSA) is 167 Å². The van der Waals surface area contributed by atoms with Crippen LogP contribution in [0.2, 0.25) is 0 Å². The molecule has 1 fully saturated rings. The van der Waals surface area contributed by atoms with Gasteiger partial charge in [0.25, 0.3) is 20.2 Å². The highest BCUT2D eigenvalue weighted by molar-refractivity contribution is 7.86. The molecule has 4 atom stereocenters. The molecule has 12 heteroatoms. The van der Waals surface area contributed by atoms with Gasteiger partial charge in [0.2, 0.25) is 11.8 Å². The second-order valence-electron chi connectivity index (χ2n) is 7.42. The van der Waals surface area contributed by atoms with Crippen molar-refractivity contribution in [3.05, 3.63) is 25.3 Å². The number of amides is 2. The Morgan fingerprint density at radius 1 is 1.18 bits per heavy atom. The first-order valence-corrected chi connectivity index (χ1v) is 11.5. The molecular weight excluding hydrogens is 412 g/mol. The Bertz CT molecular complexity index is 867. The molecular formula is C16H26N2O8S2. The van der Waals surface area contributed by atoms with Gasteiger partial charge in [0.05, 0.1) is 16.8 Å². The summed E-state index contributed by atoms with van der Waals surface area (Å²) in [5.41, 5.74) is -2.87. The van der Waals surface area contributed by atoms with E-state index < -0.39 is 60.0 Å². The maximum absolute atomic E-state index is 12.0. The van der Waals surface area contributed by atoms with Gasteiger partial charge in [-0.3, -0.25) is 18.7 Å². The summed E-state index contributed by atoms with van der Waals surface area (Å²) in [6.45, 7) is 9.40. The van der Waals surface area contributed by atoms with Crippen molar-refractivity contribution in [2.75, 3.05) is 5.75 Å². The van der Waals surface area contributed by atoms with Gasteiger partial charge in [0.15, 0.2) is 0 Å². The van der Waals surface area contributed by atoms with Gasteiger partial charge in [-0.15, -0.1) is 0 Å². The number of carbonyl (C=O) groups is 2. The van der Waals surface area contributed by atoms with Crippen LogP contribution >= 0.6 is 0 Å². The standard InChI is InChI=1S/C16H26N2O8S2/c1-5-13(19)17-15(3)8-7-11(9-12(15)28(24,25)26)16(4,10-27(21,22)23)18-14(20)6-2/h5-6,11-12H,1-2,7-10H2,3-4H3,(H,17,19)(H,18,20)(H,21,22,23)(H,24,25,26). The fourth-order valence-electron chi connectivity index (χ4n) is 3.74. The maximum Gasteiger partial charge on any atom is 0.270 e. The van der Waals surface area contributed by atoms with E-state index in [0.717, 1.165) is 12.2 Å². The fourth-order valence-corrected chi connectivity index (χ4v) is 6.12. The van der Waals surface area contributed by atoms with E-state index in [-0.39, 0.29) is 19.3 Å². The molecule has 0 aliphatic heterocycles. The summed E-state index contributed by atoms with van der Waals surface area (Å²) in [4.78, 5) is 23.5. The summed E-state index contributed by atoms with van der Waals surface area (Å²) < 4.78 is 66.1. The first-order valence-electron chi connectivity index (χ1n) is 8.37. The highest BCUT2D eigenvalue weighted by atomic mass is 32.2. The molecule has 1 saturated carbocycles. The summed E-state index contributed by atoms with van der Waals surface area (Å²) in [6, 6.07) is 0. The first-order chi connectivity index (χ1) is 12.6. The number of hydrogen-bond donors (Lipinski definition) is 4. The lowest BCUT2D eigenvalue weighted by Gasteiger charge is -2.48. The van der Waals surface area contributed by atoms with Crippen LogP contribution in [0, 0.1) is 5.92 Å². The van der Waals surface area contributed by atoms with E-state index in [9.17, 15) is 35.5 Å². The quantitative estimate of drug-likeness (QED) is 0.305. The van der Waals surface area contributed by atoms with Crippen molar-refractivity contribution in [2.45, 2.75) is 49.4 Å². The molecule has 0 heterocycles. The van der Waals surface area contributed by atoms with Crippen LogP contribution in [-0.4, -0.2) is 59.8 Å². The van der Waals surface area contributed by atoms with E-state index >= 15 is 0 Å². The zero-order valence-corrected chi connectivity index (χ0v) is 17.3. The average molecular weight is 439 g/mol. The monoisotopic (exact) mass is 438 g/mol. The Morgan fingerprint density at radius 2 is 1.71 bits per heavy atom. The molecule has 0 radical (unpaired) electrons. The molecule has 0 spiro atoms. The van der Waals surface area contributed by atoms with Crippen molar-refractivity contribution in [3.63, 3.8) is 0 Å². The zero-order valence-electron chi connectivity index (χ0n) is 15.7. The third-order valence-electron chi connectivity index (χ3n) is 5.15. The van der Waals surface area contributed by atoms with Crippen LogP contribution in [0.1, 0.15) is 33.1 Å². The minimum absolute atomic E-state index is 0.0622. The van der Waals surface area contributed by atoms with Gasteiger partial charge in [-0.1, -0.05) is 13.2 Å². The average Bonchev–Trinajstić information content (AvgIpc) is 2.51. The number of rotatable bonds is 8. The molecule has 0 bridgehead atoms. The Kier molecular flexibility index (Phi) is 7.21. The molecule has 4 N–H and O–H groups in total. The first kappa shape index (κ1) is 24.3. The van der Waals surface area contributed by atoms with E-state index in [2.05, 4.69) is 23.8 Å². The fraction of sp³-hybridized carbons (Fsp3) is 0.625. The van der Waals surface area contributed by atoms with Gasteiger partial charge >= 0.3 is 0 Å². The SMILES string of the molecule is C=CC(=O)NC(C)(CS(=O)(=O)O)C1CCC(C)(NC(=O)C=C)C(S(=O)(=O)O)C1. The molecule has 0 aromatic heterocycles. The molecule has 2 amide bonds. The summed E-state index contributed by atoms with van der Waals surface area (Å²) in [5.74, 6) is -2.95. The third kappa shape index (κ3) is 6.12. The Morgan fingerprint density at radius 3 is 2.14 bits per heavy atom. The molecule has 0 saturated heterocycles. The summed E-state index contributed by atoms with van der Waals surface area (Å²) >= 11 is 0.